The third-order valence-corrected chi connectivity index (χ3v) is 8.00. The standard InChI is InChI=1S/C27H34N2O9/c1-3-13(11-30)15-9-18-22-14(7-8-29(18)10-16(15)26(35)36-2)21-17(28-22)5-4-6-19(21)37-27-25(34)24(33)23(32)20(12-31)38-27/h3-6,10,13,15,18,20,23-25,27-28,30-34H,1,7-9,11-12H2,2H3/t13?,15?,18-,20+,23+,24-,25+,27+/m0/s1. The lowest BCUT2D eigenvalue weighted by Crippen LogP contribution is -2.60. The summed E-state index contributed by atoms with van der Waals surface area (Å²) < 4.78 is 16.6. The Morgan fingerprint density at radius 3 is 2.74 bits per heavy atom. The second-order valence-corrected chi connectivity index (χ2v) is 10.0. The predicted molar refractivity (Wildman–Crippen MR) is 135 cm³/mol. The van der Waals surface area contributed by atoms with Gasteiger partial charge >= 0.3 is 5.97 Å². The molecule has 4 heterocycles. The van der Waals surface area contributed by atoms with E-state index in [-0.39, 0.29) is 24.5 Å². The summed E-state index contributed by atoms with van der Waals surface area (Å²) in [5.74, 6) is -0.600. The van der Waals surface area contributed by atoms with Crippen LogP contribution in [0.15, 0.2) is 42.6 Å². The molecule has 5 rings (SSSR count). The Hall–Kier alpha value is -2.93. The molecule has 11 heteroatoms. The zero-order valence-electron chi connectivity index (χ0n) is 21.1. The van der Waals surface area contributed by atoms with Crippen LogP contribution >= 0.6 is 0 Å². The normalized spacial score (nSPS) is 31.7. The number of rotatable bonds is 7. The monoisotopic (exact) mass is 530 g/mol. The Balaban J connectivity index is 1.51. The van der Waals surface area contributed by atoms with Crippen LogP contribution in [0.3, 0.4) is 0 Å². The van der Waals surface area contributed by atoms with Crippen molar-refractivity contribution in [1.29, 1.82) is 0 Å². The number of methoxy groups -OCH3 is 1. The van der Waals surface area contributed by atoms with Crippen molar-refractivity contribution >= 4 is 16.9 Å². The van der Waals surface area contributed by atoms with Gasteiger partial charge in [0.25, 0.3) is 0 Å². The smallest absolute Gasteiger partial charge is 0.335 e. The van der Waals surface area contributed by atoms with Gasteiger partial charge in [0.05, 0.1) is 25.3 Å². The van der Waals surface area contributed by atoms with Gasteiger partial charge in [-0.2, -0.15) is 0 Å². The molecule has 206 valence electrons. The molecule has 3 aliphatic heterocycles. The number of aliphatic hydroxyl groups is 5. The predicted octanol–water partition coefficient (Wildman–Crippen LogP) is 0.117. The first-order valence-electron chi connectivity index (χ1n) is 12.7. The minimum absolute atomic E-state index is 0.0985. The molecule has 1 saturated heterocycles. The van der Waals surface area contributed by atoms with E-state index in [9.17, 15) is 30.3 Å². The van der Waals surface area contributed by atoms with Gasteiger partial charge in [-0.05, 0) is 30.5 Å². The first kappa shape index (κ1) is 26.7. The number of benzene rings is 1. The number of hydrogen-bond donors (Lipinski definition) is 6. The number of aliphatic hydroxyl groups excluding tert-OH is 5. The summed E-state index contributed by atoms with van der Waals surface area (Å²) in [7, 11) is 1.34. The molecule has 8 atom stereocenters. The van der Waals surface area contributed by atoms with Crippen molar-refractivity contribution in [3.05, 3.63) is 53.9 Å². The Bertz CT molecular complexity index is 1220. The number of hydrogen-bond acceptors (Lipinski definition) is 10. The number of H-pyrrole nitrogens is 1. The maximum absolute atomic E-state index is 12.6. The van der Waals surface area contributed by atoms with Crippen LogP contribution in [-0.4, -0.2) is 99.0 Å². The van der Waals surface area contributed by atoms with Crippen LogP contribution in [0.25, 0.3) is 10.9 Å². The molecule has 6 N–H and O–H groups in total. The van der Waals surface area contributed by atoms with Crippen LogP contribution < -0.4 is 4.74 Å². The topological polar surface area (TPSA) is 165 Å². The first-order valence-corrected chi connectivity index (χ1v) is 12.7. The van der Waals surface area contributed by atoms with Gasteiger partial charge in [-0.25, -0.2) is 4.79 Å². The van der Waals surface area contributed by atoms with Crippen molar-refractivity contribution in [2.45, 2.75) is 49.6 Å². The number of nitrogens with one attached hydrogen (secondary N) is 1. The van der Waals surface area contributed by atoms with Crippen LogP contribution in [-0.2, 0) is 20.7 Å². The molecule has 1 aromatic carbocycles. The van der Waals surface area contributed by atoms with E-state index in [2.05, 4.69) is 16.5 Å². The maximum atomic E-state index is 12.6. The van der Waals surface area contributed by atoms with Gasteiger partial charge in [0.2, 0.25) is 6.29 Å². The number of ether oxygens (including phenoxy) is 3. The minimum atomic E-state index is -1.54. The lowest BCUT2D eigenvalue weighted by Gasteiger charge is -2.43. The van der Waals surface area contributed by atoms with Crippen molar-refractivity contribution in [1.82, 2.24) is 9.88 Å². The van der Waals surface area contributed by atoms with E-state index in [0.29, 0.717) is 30.7 Å². The molecule has 0 radical (unpaired) electrons. The Morgan fingerprint density at radius 2 is 2.05 bits per heavy atom. The molecule has 1 aromatic heterocycles. The van der Waals surface area contributed by atoms with E-state index < -0.39 is 43.3 Å². The van der Waals surface area contributed by atoms with Crippen LogP contribution in [0.2, 0.25) is 0 Å². The number of aromatic nitrogens is 1. The van der Waals surface area contributed by atoms with Gasteiger partial charge < -0.3 is 49.6 Å². The summed E-state index contributed by atoms with van der Waals surface area (Å²) in [6.45, 7) is 3.78. The van der Waals surface area contributed by atoms with Crippen molar-refractivity contribution in [3.63, 3.8) is 0 Å². The van der Waals surface area contributed by atoms with E-state index in [4.69, 9.17) is 14.2 Å². The fourth-order valence-electron chi connectivity index (χ4n) is 5.94. The van der Waals surface area contributed by atoms with E-state index in [1.165, 1.54) is 7.11 Å². The number of aromatic amines is 1. The zero-order valence-corrected chi connectivity index (χ0v) is 21.1. The average molecular weight is 531 g/mol. The fourth-order valence-corrected chi connectivity index (χ4v) is 5.94. The number of carbonyl (C=O) groups is 1. The molecule has 0 aliphatic carbocycles. The van der Waals surface area contributed by atoms with Crippen molar-refractivity contribution < 1.29 is 44.5 Å². The van der Waals surface area contributed by atoms with E-state index in [1.54, 1.807) is 18.2 Å². The fraction of sp³-hybridized carbons (Fsp3) is 0.519. The van der Waals surface area contributed by atoms with Gasteiger partial charge in [0, 0.05) is 47.8 Å². The van der Waals surface area contributed by atoms with Crippen LogP contribution in [0.5, 0.6) is 5.75 Å². The third-order valence-electron chi connectivity index (χ3n) is 8.00. The Morgan fingerprint density at radius 1 is 1.26 bits per heavy atom. The molecule has 1 fully saturated rings. The maximum Gasteiger partial charge on any atom is 0.335 e. The molecule has 0 amide bonds. The largest absolute Gasteiger partial charge is 0.466 e. The Kier molecular flexibility index (Phi) is 7.49. The summed E-state index contributed by atoms with van der Waals surface area (Å²) in [5, 5.41) is 51.1. The molecule has 0 bridgehead atoms. The van der Waals surface area contributed by atoms with Gasteiger partial charge in [-0.3, -0.25) is 0 Å². The molecule has 0 saturated carbocycles. The van der Waals surface area contributed by atoms with Gasteiger partial charge in [-0.1, -0.05) is 12.1 Å². The van der Waals surface area contributed by atoms with E-state index in [0.717, 1.165) is 22.2 Å². The summed E-state index contributed by atoms with van der Waals surface area (Å²) in [6.07, 6.45) is -2.23. The summed E-state index contributed by atoms with van der Waals surface area (Å²) in [4.78, 5) is 18.2. The lowest BCUT2D eigenvalue weighted by atomic mass is 9.77. The number of nitrogens with zero attached hydrogens (tertiary/aromatic N) is 1. The Labute approximate surface area is 219 Å². The van der Waals surface area contributed by atoms with E-state index >= 15 is 0 Å². The van der Waals surface area contributed by atoms with Crippen molar-refractivity contribution in [2.24, 2.45) is 11.8 Å². The second kappa shape index (κ2) is 10.7. The highest BCUT2D eigenvalue weighted by Gasteiger charge is 2.45. The van der Waals surface area contributed by atoms with E-state index in [1.807, 2.05) is 12.3 Å². The second-order valence-electron chi connectivity index (χ2n) is 10.0. The number of fused-ring (bicyclic) bond motifs is 5. The molecular formula is C27H34N2O9. The molecule has 2 unspecified atom stereocenters. The molecule has 11 nitrogen and oxygen atoms in total. The summed E-state index contributed by atoms with van der Waals surface area (Å²) in [6, 6.07) is 5.34. The molecule has 38 heavy (non-hydrogen) atoms. The van der Waals surface area contributed by atoms with Gasteiger partial charge in [0.15, 0.2) is 0 Å². The summed E-state index contributed by atoms with van der Waals surface area (Å²) in [5.41, 5.74) is 3.30. The molecule has 3 aliphatic rings. The highest BCUT2D eigenvalue weighted by Crippen LogP contribution is 2.46. The summed E-state index contributed by atoms with van der Waals surface area (Å²) >= 11 is 0. The SMILES string of the molecule is C=CC(CO)C1C[C@H]2c3[nH]c4cccc(O[C@@H]5O[C@H](CO)[C@@H](O)[C@H](O)[C@H]5O)c4c3CCN2C=C1C(=O)OC. The van der Waals surface area contributed by atoms with Crippen LogP contribution in [0, 0.1) is 11.8 Å². The lowest BCUT2D eigenvalue weighted by molar-refractivity contribution is -0.277. The quantitative estimate of drug-likeness (QED) is 0.214. The minimum Gasteiger partial charge on any atom is -0.466 e. The van der Waals surface area contributed by atoms with Crippen LogP contribution in [0.4, 0.5) is 0 Å². The zero-order chi connectivity index (χ0) is 27.1. The molecule has 0 spiro atoms. The van der Waals surface area contributed by atoms with Crippen molar-refractivity contribution in [2.75, 3.05) is 26.9 Å². The molecular weight excluding hydrogens is 496 g/mol. The number of esters is 1. The van der Waals surface area contributed by atoms with Crippen molar-refractivity contribution in [3.8, 4) is 5.75 Å². The van der Waals surface area contributed by atoms with Crippen LogP contribution in [0.1, 0.15) is 23.7 Å². The van der Waals surface area contributed by atoms with Gasteiger partial charge in [-0.15, -0.1) is 6.58 Å². The third kappa shape index (κ3) is 4.39. The highest BCUT2D eigenvalue weighted by atomic mass is 16.7. The van der Waals surface area contributed by atoms with Gasteiger partial charge in [0.1, 0.15) is 30.2 Å². The number of carbonyl (C=O) groups excluding carboxylic acids is 1. The molecule has 2 aromatic rings. The first-order chi connectivity index (χ1) is 18.3. The highest BCUT2D eigenvalue weighted by molar-refractivity contribution is 5.91. The average Bonchev–Trinajstić information content (AvgIpc) is 3.33.